The van der Waals surface area contributed by atoms with Crippen molar-refractivity contribution < 1.29 is 23.5 Å². The van der Waals surface area contributed by atoms with Crippen LogP contribution in [0.3, 0.4) is 0 Å². The molecular formula is C19H18BrN5O6S. The lowest BCUT2D eigenvalue weighted by Gasteiger charge is -2.11. The van der Waals surface area contributed by atoms with Gasteiger partial charge in [-0.1, -0.05) is 11.8 Å². The SMILES string of the molecule is COc1ccc(NC(=O)CSc2nc(N)c(NC(=O)c3ccc(Br)o3)c(=O)[nH]2)c(OC)c1. The number of aromatic nitrogens is 2. The average molecular weight is 524 g/mol. The molecule has 3 aromatic rings. The monoisotopic (exact) mass is 523 g/mol. The van der Waals surface area contributed by atoms with Crippen molar-refractivity contribution in [2.75, 3.05) is 36.3 Å². The van der Waals surface area contributed by atoms with Crippen molar-refractivity contribution in [1.29, 1.82) is 0 Å². The maximum absolute atomic E-state index is 12.3. The van der Waals surface area contributed by atoms with Crippen LogP contribution < -0.4 is 31.4 Å². The van der Waals surface area contributed by atoms with Crippen LogP contribution in [-0.4, -0.2) is 41.8 Å². The van der Waals surface area contributed by atoms with E-state index in [-0.39, 0.29) is 34.1 Å². The van der Waals surface area contributed by atoms with Crippen LogP contribution in [0.1, 0.15) is 10.6 Å². The van der Waals surface area contributed by atoms with Gasteiger partial charge < -0.3 is 30.3 Å². The van der Waals surface area contributed by atoms with Crippen LogP contribution >= 0.6 is 27.7 Å². The maximum atomic E-state index is 12.3. The van der Waals surface area contributed by atoms with E-state index >= 15 is 0 Å². The lowest BCUT2D eigenvalue weighted by Crippen LogP contribution is -2.23. The van der Waals surface area contributed by atoms with Gasteiger partial charge in [0.05, 0.1) is 25.7 Å². The molecule has 0 unspecified atom stereocenters. The van der Waals surface area contributed by atoms with Crippen molar-refractivity contribution in [3.8, 4) is 11.5 Å². The minimum atomic E-state index is -0.670. The maximum Gasteiger partial charge on any atom is 0.291 e. The summed E-state index contributed by atoms with van der Waals surface area (Å²) in [5, 5.41) is 5.18. The number of nitrogens with two attached hydrogens (primary N) is 1. The normalized spacial score (nSPS) is 10.5. The number of hydrogen-bond acceptors (Lipinski definition) is 9. The molecule has 2 amide bonds. The Hall–Kier alpha value is -3.45. The number of benzene rings is 1. The zero-order valence-corrected chi connectivity index (χ0v) is 19.3. The van der Waals surface area contributed by atoms with Crippen LogP contribution in [0, 0.1) is 0 Å². The zero-order valence-electron chi connectivity index (χ0n) is 16.9. The molecule has 2 heterocycles. The molecule has 0 saturated heterocycles. The summed E-state index contributed by atoms with van der Waals surface area (Å²) in [6, 6.07) is 7.93. The van der Waals surface area contributed by atoms with Crippen LogP contribution in [0.15, 0.2) is 49.4 Å². The number of hydrogen-bond donors (Lipinski definition) is 4. The minimum Gasteiger partial charge on any atom is -0.497 e. The number of methoxy groups -OCH3 is 2. The van der Waals surface area contributed by atoms with Gasteiger partial charge in [0.2, 0.25) is 5.91 Å². The molecule has 0 aliphatic carbocycles. The fourth-order valence-corrected chi connectivity index (χ4v) is 3.47. The van der Waals surface area contributed by atoms with Gasteiger partial charge in [-0.25, -0.2) is 4.98 Å². The number of nitrogen functional groups attached to an aromatic ring is 1. The lowest BCUT2D eigenvalue weighted by molar-refractivity contribution is -0.113. The van der Waals surface area contributed by atoms with Crippen molar-refractivity contribution >= 4 is 56.7 Å². The molecule has 11 nitrogen and oxygen atoms in total. The van der Waals surface area contributed by atoms with Crippen LogP contribution in [-0.2, 0) is 4.79 Å². The summed E-state index contributed by atoms with van der Waals surface area (Å²) in [5.74, 6) is -0.292. The summed E-state index contributed by atoms with van der Waals surface area (Å²) in [4.78, 5) is 43.3. The number of anilines is 3. The summed E-state index contributed by atoms with van der Waals surface area (Å²) in [6.45, 7) is 0. The van der Waals surface area contributed by atoms with Gasteiger partial charge in [-0.2, -0.15) is 0 Å². The predicted octanol–water partition coefficient (Wildman–Crippen LogP) is 2.71. The topological polar surface area (TPSA) is 162 Å². The van der Waals surface area contributed by atoms with Crippen LogP contribution in [0.5, 0.6) is 11.5 Å². The number of carbonyl (C=O) groups is 2. The molecule has 0 spiro atoms. The summed E-state index contributed by atoms with van der Waals surface area (Å²) in [6.07, 6.45) is 0. The van der Waals surface area contributed by atoms with E-state index in [1.807, 2.05) is 0 Å². The van der Waals surface area contributed by atoms with Crippen molar-refractivity contribution in [2.24, 2.45) is 0 Å². The Morgan fingerprint density at radius 3 is 2.62 bits per heavy atom. The van der Waals surface area contributed by atoms with E-state index in [1.54, 1.807) is 18.2 Å². The first-order valence-electron chi connectivity index (χ1n) is 8.92. The van der Waals surface area contributed by atoms with Gasteiger partial charge in [0, 0.05) is 6.07 Å². The van der Waals surface area contributed by atoms with Gasteiger partial charge in [0.15, 0.2) is 27.1 Å². The molecule has 0 radical (unpaired) electrons. The molecule has 5 N–H and O–H groups in total. The van der Waals surface area contributed by atoms with Gasteiger partial charge in [-0.05, 0) is 40.2 Å². The molecule has 3 rings (SSSR count). The highest BCUT2D eigenvalue weighted by Crippen LogP contribution is 2.29. The molecule has 0 aliphatic heterocycles. The van der Waals surface area contributed by atoms with Crippen molar-refractivity contribution in [3.05, 3.63) is 51.1 Å². The predicted molar refractivity (Wildman–Crippen MR) is 123 cm³/mol. The van der Waals surface area contributed by atoms with Gasteiger partial charge in [0.25, 0.3) is 11.5 Å². The second kappa shape index (κ2) is 10.2. The second-order valence-electron chi connectivity index (χ2n) is 6.09. The van der Waals surface area contributed by atoms with Gasteiger partial charge in [0.1, 0.15) is 11.5 Å². The van der Waals surface area contributed by atoms with Crippen molar-refractivity contribution in [3.63, 3.8) is 0 Å². The molecule has 0 bridgehead atoms. The number of carbonyl (C=O) groups excluding carboxylic acids is 2. The quantitative estimate of drug-likeness (QED) is 0.256. The van der Waals surface area contributed by atoms with Crippen molar-refractivity contribution in [2.45, 2.75) is 5.16 Å². The Morgan fingerprint density at radius 1 is 1.22 bits per heavy atom. The molecular weight excluding hydrogens is 506 g/mol. The highest BCUT2D eigenvalue weighted by molar-refractivity contribution is 9.10. The number of rotatable bonds is 8. The zero-order chi connectivity index (χ0) is 23.3. The molecule has 1 aromatic carbocycles. The Bertz CT molecular complexity index is 1210. The summed E-state index contributed by atoms with van der Waals surface area (Å²) < 4.78 is 15.9. The minimum absolute atomic E-state index is 0.0141. The number of aromatic amines is 1. The number of H-pyrrole nitrogens is 1. The summed E-state index contributed by atoms with van der Waals surface area (Å²) in [7, 11) is 3.00. The van der Waals surface area contributed by atoms with Gasteiger partial charge >= 0.3 is 0 Å². The van der Waals surface area contributed by atoms with Crippen LogP contribution in [0.25, 0.3) is 0 Å². The first-order chi connectivity index (χ1) is 15.3. The first-order valence-corrected chi connectivity index (χ1v) is 10.7. The van der Waals surface area contributed by atoms with E-state index in [9.17, 15) is 14.4 Å². The number of halogens is 1. The summed E-state index contributed by atoms with van der Waals surface area (Å²) >= 11 is 4.05. The molecule has 2 aromatic heterocycles. The Balaban J connectivity index is 1.64. The van der Waals surface area contributed by atoms with E-state index in [1.165, 1.54) is 26.4 Å². The van der Waals surface area contributed by atoms with E-state index in [0.29, 0.717) is 21.9 Å². The molecule has 13 heteroatoms. The largest absolute Gasteiger partial charge is 0.497 e. The second-order valence-corrected chi connectivity index (χ2v) is 7.84. The molecule has 0 fully saturated rings. The fourth-order valence-electron chi connectivity index (χ4n) is 2.49. The fraction of sp³-hybridized carbons (Fsp3) is 0.158. The number of thioether (sulfide) groups is 1. The summed E-state index contributed by atoms with van der Waals surface area (Å²) in [5.41, 5.74) is 5.39. The molecule has 168 valence electrons. The van der Waals surface area contributed by atoms with Gasteiger partial charge in [-0.3, -0.25) is 19.4 Å². The van der Waals surface area contributed by atoms with Crippen molar-refractivity contribution in [1.82, 2.24) is 9.97 Å². The van der Waals surface area contributed by atoms with E-state index in [4.69, 9.17) is 19.6 Å². The number of nitrogens with zero attached hydrogens (tertiary/aromatic N) is 1. The first kappa shape index (κ1) is 23.2. The number of nitrogens with one attached hydrogen (secondary N) is 3. The third-order valence-electron chi connectivity index (χ3n) is 3.98. The lowest BCUT2D eigenvalue weighted by atomic mass is 10.2. The standard InChI is InChI=1S/C19H18BrN5O6S/c1-29-9-3-4-10(12(7-9)30-2)22-14(26)8-32-19-24-16(21)15(18(28)25-19)23-17(27)11-5-6-13(20)31-11/h3-7H,8H2,1-2H3,(H,22,26)(H,23,27)(H3,21,24,25,28). The van der Waals surface area contributed by atoms with Crippen LogP contribution in [0.4, 0.5) is 17.2 Å². The molecule has 0 atom stereocenters. The number of ether oxygens (including phenoxy) is 2. The average Bonchev–Trinajstić information content (AvgIpc) is 3.21. The van der Waals surface area contributed by atoms with E-state index in [2.05, 4.69) is 36.5 Å². The van der Waals surface area contributed by atoms with E-state index in [0.717, 1.165) is 11.8 Å². The molecule has 32 heavy (non-hydrogen) atoms. The highest BCUT2D eigenvalue weighted by atomic mass is 79.9. The number of amides is 2. The number of furan rings is 1. The smallest absolute Gasteiger partial charge is 0.291 e. The third kappa shape index (κ3) is 5.62. The highest BCUT2D eigenvalue weighted by Gasteiger charge is 2.17. The van der Waals surface area contributed by atoms with Gasteiger partial charge in [-0.15, -0.1) is 0 Å². The third-order valence-corrected chi connectivity index (χ3v) is 5.28. The molecule has 0 aliphatic rings. The van der Waals surface area contributed by atoms with E-state index < -0.39 is 11.5 Å². The Labute approximate surface area is 194 Å². The molecule has 0 saturated carbocycles. The Kier molecular flexibility index (Phi) is 7.43. The van der Waals surface area contributed by atoms with Crippen LogP contribution in [0.2, 0.25) is 0 Å². The Morgan fingerprint density at radius 2 is 2.00 bits per heavy atom.